The van der Waals surface area contributed by atoms with E-state index in [1.54, 1.807) is 7.11 Å². The summed E-state index contributed by atoms with van der Waals surface area (Å²) in [4.78, 5) is 4.61. The highest BCUT2D eigenvalue weighted by Gasteiger charge is 2.12. The average Bonchev–Trinajstić information content (AvgIpc) is 1.95. The first kappa shape index (κ1) is 7.72. The largest absolute Gasteiger partial charge is 0.399 e. The van der Waals surface area contributed by atoms with Crippen LogP contribution in [0.3, 0.4) is 0 Å². The van der Waals surface area contributed by atoms with Crippen molar-refractivity contribution < 1.29 is 9.05 Å². The zero-order valence-corrected chi connectivity index (χ0v) is 6.82. The number of hydrogen-bond donors (Lipinski definition) is 0. The van der Waals surface area contributed by atoms with E-state index < -0.39 is 10.8 Å². The molecule has 1 aliphatic rings. The first-order valence-electron chi connectivity index (χ1n) is 3.27. The van der Waals surface area contributed by atoms with Gasteiger partial charge in [0.15, 0.2) is 0 Å². The lowest BCUT2D eigenvalue weighted by molar-refractivity contribution is 0.212. The van der Waals surface area contributed by atoms with Crippen molar-refractivity contribution in [1.29, 1.82) is 0 Å². The van der Waals surface area contributed by atoms with Crippen LogP contribution in [0.1, 0.15) is 12.8 Å². The molecule has 0 spiro atoms. The normalized spacial score (nSPS) is 26.1. The van der Waals surface area contributed by atoms with Gasteiger partial charge in [0.1, 0.15) is 7.11 Å². The van der Waals surface area contributed by atoms with E-state index in [9.17, 15) is 4.21 Å². The molecular formula is C6H11NO2S. The molecule has 0 bridgehead atoms. The Kier molecular flexibility index (Phi) is 2.86. The van der Waals surface area contributed by atoms with Crippen molar-refractivity contribution in [3.63, 3.8) is 0 Å². The monoisotopic (exact) mass is 161 g/mol. The topological polar surface area (TPSA) is 38.7 Å². The summed E-state index contributed by atoms with van der Waals surface area (Å²) in [5, 5.41) is 3.80. The zero-order valence-electron chi connectivity index (χ0n) is 6.00. The molecule has 0 N–H and O–H groups in total. The zero-order chi connectivity index (χ0) is 7.40. The number of oxime groups is 1. The Hall–Kier alpha value is -0.380. The van der Waals surface area contributed by atoms with Gasteiger partial charge in [-0.15, -0.1) is 0 Å². The molecule has 3 nitrogen and oxygen atoms in total. The minimum Gasteiger partial charge on any atom is -0.399 e. The quantitative estimate of drug-likeness (QED) is 0.526. The molecule has 0 radical (unpaired) electrons. The van der Waals surface area contributed by atoms with Crippen molar-refractivity contribution in [2.24, 2.45) is 5.16 Å². The van der Waals surface area contributed by atoms with Gasteiger partial charge >= 0.3 is 0 Å². The summed E-state index contributed by atoms with van der Waals surface area (Å²) in [6.07, 6.45) is 1.67. The smallest absolute Gasteiger partial charge is 0.106 e. The summed E-state index contributed by atoms with van der Waals surface area (Å²) in [5.41, 5.74) is 1.04. The predicted molar refractivity (Wildman–Crippen MR) is 41.6 cm³/mol. The molecule has 0 aromatic heterocycles. The molecule has 0 aromatic rings. The maximum Gasteiger partial charge on any atom is 0.106 e. The first-order chi connectivity index (χ1) is 4.83. The van der Waals surface area contributed by atoms with Crippen LogP contribution in [0.25, 0.3) is 0 Å². The van der Waals surface area contributed by atoms with Gasteiger partial charge in [-0.3, -0.25) is 4.21 Å². The first-order valence-corrected chi connectivity index (χ1v) is 4.75. The van der Waals surface area contributed by atoms with Crippen LogP contribution in [-0.4, -0.2) is 28.5 Å². The third kappa shape index (κ3) is 2.10. The van der Waals surface area contributed by atoms with Crippen molar-refractivity contribution in [2.45, 2.75) is 12.8 Å². The van der Waals surface area contributed by atoms with E-state index in [2.05, 4.69) is 9.99 Å². The van der Waals surface area contributed by atoms with Gasteiger partial charge in [0.2, 0.25) is 0 Å². The van der Waals surface area contributed by atoms with Gasteiger partial charge in [-0.2, -0.15) is 0 Å². The van der Waals surface area contributed by atoms with Gasteiger partial charge in [0.05, 0.1) is 5.71 Å². The molecule has 10 heavy (non-hydrogen) atoms. The Bertz CT molecular complexity index is 155. The van der Waals surface area contributed by atoms with Gasteiger partial charge in [0, 0.05) is 35.1 Å². The molecule has 1 saturated heterocycles. The average molecular weight is 161 g/mol. The Morgan fingerprint density at radius 3 is 2.60 bits per heavy atom. The van der Waals surface area contributed by atoms with Crippen LogP contribution in [0.15, 0.2) is 5.16 Å². The Morgan fingerprint density at radius 1 is 1.50 bits per heavy atom. The SMILES string of the molecule is CON=C1CCS(=O)CC1. The summed E-state index contributed by atoms with van der Waals surface area (Å²) >= 11 is 0. The maximum absolute atomic E-state index is 10.8. The Morgan fingerprint density at radius 2 is 2.10 bits per heavy atom. The molecule has 0 aromatic carbocycles. The standard InChI is InChI=1S/C6H11NO2S/c1-9-7-6-2-4-10(8)5-3-6/h2-5H2,1H3. The van der Waals surface area contributed by atoms with E-state index >= 15 is 0 Å². The fraction of sp³-hybridized carbons (Fsp3) is 0.833. The molecule has 0 atom stereocenters. The van der Waals surface area contributed by atoms with E-state index in [1.807, 2.05) is 0 Å². The lowest BCUT2D eigenvalue weighted by Gasteiger charge is -2.10. The highest BCUT2D eigenvalue weighted by molar-refractivity contribution is 7.85. The molecule has 1 heterocycles. The minimum atomic E-state index is -0.601. The van der Waals surface area contributed by atoms with E-state index in [0.29, 0.717) is 0 Å². The van der Waals surface area contributed by atoms with Crippen molar-refractivity contribution in [1.82, 2.24) is 0 Å². The molecular weight excluding hydrogens is 150 g/mol. The fourth-order valence-electron chi connectivity index (χ4n) is 0.911. The van der Waals surface area contributed by atoms with E-state index in [1.165, 1.54) is 0 Å². The molecule has 1 rings (SSSR count). The molecule has 0 amide bonds. The second-order valence-corrected chi connectivity index (χ2v) is 3.88. The van der Waals surface area contributed by atoms with Gasteiger partial charge in [-0.05, 0) is 0 Å². The second kappa shape index (κ2) is 3.71. The third-order valence-corrected chi connectivity index (χ3v) is 2.78. The number of nitrogens with zero attached hydrogens (tertiary/aromatic N) is 1. The number of rotatable bonds is 1. The molecule has 1 fully saturated rings. The Balaban J connectivity index is 2.39. The second-order valence-electron chi connectivity index (χ2n) is 2.19. The minimum absolute atomic E-state index is 0.601. The molecule has 0 saturated carbocycles. The Labute approximate surface area is 62.9 Å². The summed E-state index contributed by atoms with van der Waals surface area (Å²) in [5.74, 6) is 1.50. The van der Waals surface area contributed by atoms with Crippen LogP contribution < -0.4 is 0 Å². The lowest BCUT2D eigenvalue weighted by atomic mass is 10.2. The van der Waals surface area contributed by atoms with Crippen LogP contribution in [0.4, 0.5) is 0 Å². The highest BCUT2D eigenvalue weighted by Crippen LogP contribution is 2.05. The van der Waals surface area contributed by atoms with Gasteiger partial charge in [0.25, 0.3) is 0 Å². The highest BCUT2D eigenvalue weighted by atomic mass is 32.2. The van der Waals surface area contributed by atoms with Crippen LogP contribution in [0.2, 0.25) is 0 Å². The number of hydrogen-bond acceptors (Lipinski definition) is 3. The van der Waals surface area contributed by atoms with Crippen molar-refractivity contribution in [3.8, 4) is 0 Å². The van der Waals surface area contributed by atoms with Crippen LogP contribution in [0, 0.1) is 0 Å². The van der Waals surface area contributed by atoms with Crippen LogP contribution in [-0.2, 0) is 15.6 Å². The lowest BCUT2D eigenvalue weighted by Crippen LogP contribution is -2.18. The maximum atomic E-state index is 10.8. The van der Waals surface area contributed by atoms with Gasteiger partial charge < -0.3 is 4.84 Å². The summed E-state index contributed by atoms with van der Waals surface area (Å²) in [7, 11) is 0.939. The van der Waals surface area contributed by atoms with Gasteiger partial charge in [-0.1, -0.05) is 5.16 Å². The predicted octanol–water partition coefficient (Wildman–Crippen LogP) is 0.531. The van der Waals surface area contributed by atoms with Crippen molar-refractivity contribution >= 4 is 16.5 Å². The molecule has 0 aliphatic carbocycles. The van der Waals surface area contributed by atoms with Crippen molar-refractivity contribution in [3.05, 3.63) is 0 Å². The summed E-state index contributed by atoms with van der Waals surface area (Å²) in [6, 6.07) is 0. The van der Waals surface area contributed by atoms with E-state index in [0.717, 1.165) is 30.1 Å². The van der Waals surface area contributed by atoms with Crippen molar-refractivity contribution in [2.75, 3.05) is 18.6 Å². The third-order valence-electron chi connectivity index (χ3n) is 1.46. The summed E-state index contributed by atoms with van der Waals surface area (Å²) < 4.78 is 10.8. The van der Waals surface area contributed by atoms with Crippen LogP contribution >= 0.6 is 0 Å². The molecule has 0 unspecified atom stereocenters. The summed E-state index contributed by atoms with van der Waals surface area (Å²) in [6.45, 7) is 0. The fourth-order valence-corrected chi connectivity index (χ4v) is 2.04. The molecule has 1 aliphatic heterocycles. The van der Waals surface area contributed by atoms with E-state index in [-0.39, 0.29) is 0 Å². The van der Waals surface area contributed by atoms with Gasteiger partial charge in [-0.25, -0.2) is 0 Å². The molecule has 4 heteroatoms. The van der Waals surface area contributed by atoms with E-state index in [4.69, 9.17) is 0 Å². The molecule has 58 valence electrons. The van der Waals surface area contributed by atoms with Crippen LogP contribution in [0.5, 0.6) is 0 Å².